The van der Waals surface area contributed by atoms with Crippen molar-refractivity contribution in [2.45, 2.75) is 25.9 Å². The normalized spacial score (nSPS) is 14.1. The van der Waals surface area contributed by atoms with Crippen molar-refractivity contribution in [2.75, 3.05) is 7.05 Å². The highest BCUT2D eigenvalue weighted by atomic mass is 35.5. The lowest BCUT2D eigenvalue weighted by molar-refractivity contribution is 0.569. The fourth-order valence-electron chi connectivity index (χ4n) is 5.07. The van der Waals surface area contributed by atoms with Gasteiger partial charge in [-0.05, 0) is 54.7 Å². The van der Waals surface area contributed by atoms with Crippen LogP contribution in [0.1, 0.15) is 24.0 Å². The van der Waals surface area contributed by atoms with Gasteiger partial charge in [0.15, 0.2) is 5.65 Å². The molecule has 6 rings (SSSR count). The molecule has 4 heterocycles. The Morgan fingerprint density at radius 2 is 2.03 bits per heavy atom. The standard InChI is InChI=1S/C27H25ClN8O/c1-30-25-23-24(22-10-17(12-29)13-33(22)2)36(15-18-8-9-31-21-7-6-19(28)11-20(18)21)32-26(23)35(14-16-4-5-16)27(37)34(25)3/h6-11,13,16H,4-5,14-15H2,1-3H3. The summed E-state index contributed by atoms with van der Waals surface area (Å²) in [6, 6.07) is 11.7. The monoisotopic (exact) mass is 512 g/mol. The minimum atomic E-state index is -0.137. The molecule has 0 bridgehead atoms. The van der Waals surface area contributed by atoms with E-state index in [1.807, 2.05) is 46.6 Å². The van der Waals surface area contributed by atoms with Gasteiger partial charge < -0.3 is 4.57 Å². The zero-order valence-electron chi connectivity index (χ0n) is 20.8. The van der Waals surface area contributed by atoms with Crippen molar-refractivity contribution in [3.05, 3.63) is 74.8 Å². The average Bonchev–Trinajstić information content (AvgIpc) is 3.54. The second-order valence-corrected chi connectivity index (χ2v) is 10.1. The molecule has 5 aromatic rings. The van der Waals surface area contributed by atoms with Crippen LogP contribution in [0.3, 0.4) is 0 Å². The molecule has 9 nitrogen and oxygen atoms in total. The summed E-state index contributed by atoms with van der Waals surface area (Å²) in [6.45, 7) is 1.04. The quantitative estimate of drug-likeness (QED) is 0.359. The fraction of sp³-hybridized carbons (Fsp3) is 0.296. The molecule has 0 spiro atoms. The number of fused-ring (bicyclic) bond motifs is 2. The molecule has 0 saturated heterocycles. The van der Waals surface area contributed by atoms with Gasteiger partial charge in [0, 0.05) is 50.5 Å². The molecule has 0 amide bonds. The fourth-order valence-corrected chi connectivity index (χ4v) is 5.24. The van der Waals surface area contributed by atoms with Gasteiger partial charge >= 0.3 is 5.69 Å². The maximum absolute atomic E-state index is 13.4. The van der Waals surface area contributed by atoms with E-state index >= 15 is 0 Å². The molecule has 0 radical (unpaired) electrons. The van der Waals surface area contributed by atoms with Crippen LogP contribution in [0.4, 0.5) is 0 Å². The lowest BCUT2D eigenvalue weighted by Crippen LogP contribution is -2.39. The largest absolute Gasteiger partial charge is 0.348 e. The van der Waals surface area contributed by atoms with Gasteiger partial charge in [0.25, 0.3) is 0 Å². The van der Waals surface area contributed by atoms with Gasteiger partial charge in [-0.3, -0.25) is 23.8 Å². The lowest BCUT2D eigenvalue weighted by atomic mass is 10.1. The number of aromatic nitrogens is 6. The molecule has 1 aliphatic carbocycles. The van der Waals surface area contributed by atoms with E-state index in [2.05, 4.69) is 16.0 Å². The summed E-state index contributed by atoms with van der Waals surface area (Å²) in [6.07, 6.45) is 5.79. The first-order valence-corrected chi connectivity index (χ1v) is 12.5. The summed E-state index contributed by atoms with van der Waals surface area (Å²) in [5.41, 5.74) is 5.01. The van der Waals surface area contributed by atoms with E-state index in [9.17, 15) is 10.1 Å². The van der Waals surface area contributed by atoms with Gasteiger partial charge in [-0.25, -0.2) is 4.79 Å². The maximum atomic E-state index is 13.4. The number of hydrogen-bond donors (Lipinski definition) is 0. The molecule has 4 aromatic heterocycles. The van der Waals surface area contributed by atoms with E-state index in [0.717, 1.165) is 46.1 Å². The smallest absolute Gasteiger partial charge is 0.331 e. The maximum Gasteiger partial charge on any atom is 0.331 e. The summed E-state index contributed by atoms with van der Waals surface area (Å²) in [5, 5.41) is 17.0. The second kappa shape index (κ2) is 8.75. The minimum absolute atomic E-state index is 0.137. The highest BCUT2D eigenvalue weighted by Crippen LogP contribution is 2.33. The van der Waals surface area contributed by atoms with Crippen molar-refractivity contribution in [1.29, 1.82) is 5.26 Å². The summed E-state index contributed by atoms with van der Waals surface area (Å²) < 4.78 is 7.20. The zero-order chi connectivity index (χ0) is 25.8. The molecule has 0 N–H and O–H groups in total. The van der Waals surface area contributed by atoms with E-state index in [-0.39, 0.29) is 5.69 Å². The third-order valence-electron chi connectivity index (χ3n) is 7.09. The van der Waals surface area contributed by atoms with Crippen molar-refractivity contribution in [1.82, 2.24) is 28.5 Å². The number of benzene rings is 1. The van der Waals surface area contributed by atoms with E-state index in [1.165, 1.54) is 0 Å². The van der Waals surface area contributed by atoms with Crippen LogP contribution in [0, 0.1) is 17.2 Å². The van der Waals surface area contributed by atoms with Crippen LogP contribution in [0.15, 0.2) is 52.5 Å². The molecule has 0 atom stereocenters. The summed E-state index contributed by atoms with van der Waals surface area (Å²) >= 11 is 6.34. The van der Waals surface area contributed by atoms with Crippen LogP contribution in [-0.2, 0) is 27.2 Å². The van der Waals surface area contributed by atoms with E-state index in [4.69, 9.17) is 16.7 Å². The van der Waals surface area contributed by atoms with Gasteiger partial charge in [0.1, 0.15) is 11.6 Å². The first-order chi connectivity index (χ1) is 17.9. The van der Waals surface area contributed by atoms with Gasteiger partial charge in [-0.2, -0.15) is 10.4 Å². The van der Waals surface area contributed by atoms with Crippen LogP contribution in [0.5, 0.6) is 0 Å². The Morgan fingerprint density at radius 3 is 2.73 bits per heavy atom. The Kier molecular flexibility index (Phi) is 5.50. The molecule has 1 fully saturated rings. The Hall–Kier alpha value is -4.16. The number of pyridine rings is 1. The Morgan fingerprint density at radius 1 is 1.22 bits per heavy atom. The topological polar surface area (TPSA) is 98.7 Å². The summed E-state index contributed by atoms with van der Waals surface area (Å²) in [4.78, 5) is 22.4. The Bertz CT molecular complexity index is 1880. The highest BCUT2D eigenvalue weighted by Gasteiger charge is 2.28. The number of aryl methyl sites for hydroxylation is 1. The first kappa shape index (κ1) is 23.3. The predicted molar refractivity (Wildman–Crippen MR) is 142 cm³/mol. The van der Waals surface area contributed by atoms with Gasteiger partial charge in [-0.1, -0.05) is 11.6 Å². The van der Waals surface area contributed by atoms with E-state index in [1.54, 1.807) is 35.6 Å². The molecule has 1 aromatic carbocycles. The lowest BCUT2D eigenvalue weighted by Gasteiger charge is -2.12. The third kappa shape index (κ3) is 3.85. The van der Waals surface area contributed by atoms with Crippen LogP contribution in [0.25, 0.3) is 33.3 Å². The Labute approximate surface area is 217 Å². The van der Waals surface area contributed by atoms with Crippen LogP contribution in [-0.4, -0.2) is 35.5 Å². The molecular weight excluding hydrogens is 488 g/mol. The number of hydrogen-bond acceptors (Lipinski definition) is 5. The number of rotatable bonds is 5. The van der Waals surface area contributed by atoms with Crippen molar-refractivity contribution in [2.24, 2.45) is 25.0 Å². The van der Waals surface area contributed by atoms with Crippen LogP contribution in [0.2, 0.25) is 5.02 Å². The van der Waals surface area contributed by atoms with Gasteiger partial charge in [0.05, 0.1) is 34.4 Å². The predicted octanol–water partition coefficient (Wildman–Crippen LogP) is 3.60. The molecule has 10 heteroatoms. The molecule has 0 unspecified atom stereocenters. The Balaban J connectivity index is 1.70. The van der Waals surface area contributed by atoms with Crippen LogP contribution >= 0.6 is 11.6 Å². The molecule has 1 saturated carbocycles. The van der Waals surface area contributed by atoms with Crippen LogP contribution < -0.4 is 11.2 Å². The van der Waals surface area contributed by atoms with E-state index in [0.29, 0.717) is 40.7 Å². The molecule has 1 aliphatic rings. The second-order valence-electron chi connectivity index (χ2n) is 9.62. The zero-order valence-corrected chi connectivity index (χ0v) is 21.6. The molecule has 186 valence electrons. The number of nitriles is 1. The van der Waals surface area contributed by atoms with Gasteiger partial charge in [-0.15, -0.1) is 0 Å². The molecule has 0 aliphatic heterocycles. The van der Waals surface area contributed by atoms with Crippen molar-refractivity contribution < 1.29 is 0 Å². The number of nitrogens with zero attached hydrogens (tertiary/aromatic N) is 8. The summed E-state index contributed by atoms with van der Waals surface area (Å²) in [7, 11) is 5.34. The average molecular weight is 513 g/mol. The van der Waals surface area contributed by atoms with E-state index < -0.39 is 0 Å². The number of halogens is 1. The van der Waals surface area contributed by atoms with Gasteiger partial charge in [0.2, 0.25) is 0 Å². The molecule has 37 heavy (non-hydrogen) atoms. The van der Waals surface area contributed by atoms with Crippen molar-refractivity contribution in [3.63, 3.8) is 0 Å². The SMILES string of the molecule is CN=c1c2c(-c3cc(C#N)cn3C)n(Cc3ccnc4ccc(Cl)cc34)nc2n(CC2CC2)c(=O)n1C. The van der Waals surface area contributed by atoms with Crippen molar-refractivity contribution in [3.8, 4) is 17.5 Å². The third-order valence-corrected chi connectivity index (χ3v) is 7.32. The summed E-state index contributed by atoms with van der Waals surface area (Å²) in [5.74, 6) is 0.477. The molecular formula is C27H25ClN8O. The minimum Gasteiger partial charge on any atom is -0.348 e. The first-order valence-electron chi connectivity index (χ1n) is 12.1. The highest BCUT2D eigenvalue weighted by molar-refractivity contribution is 6.31. The van der Waals surface area contributed by atoms with Crippen molar-refractivity contribution >= 4 is 33.5 Å².